The fourth-order valence-electron chi connectivity index (χ4n) is 3.10. The molecule has 0 atom stereocenters. The number of nitrogens with zero attached hydrogens (tertiary/aromatic N) is 3. The maximum absolute atomic E-state index is 12.7. The van der Waals surface area contributed by atoms with E-state index in [2.05, 4.69) is 10.3 Å². The van der Waals surface area contributed by atoms with Crippen LogP contribution in [-0.4, -0.2) is 38.5 Å². The number of esters is 1. The number of amides is 1. The van der Waals surface area contributed by atoms with Gasteiger partial charge in [0.25, 0.3) is 5.56 Å². The van der Waals surface area contributed by atoms with Crippen molar-refractivity contribution in [2.24, 2.45) is 14.1 Å². The third kappa shape index (κ3) is 4.96. The summed E-state index contributed by atoms with van der Waals surface area (Å²) in [5, 5.41) is 3.07. The number of thioether (sulfide) groups is 1. The number of hydrogen-bond acceptors (Lipinski definition) is 9. The zero-order valence-electron chi connectivity index (χ0n) is 18.3. The van der Waals surface area contributed by atoms with Crippen molar-refractivity contribution >= 4 is 29.3 Å². The lowest BCUT2D eigenvalue weighted by Crippen LogP contribution is -2.38. The molecular weight excluding hydrogens is 464 g/mol. The van der Waals surface area contributed by atoms with E-state index < -0.39 is 17.2 Å². The van der Waals surface area contributed by atoms with Crippen LogP contribution < -0.4 is 26.0 Å². The molecule has 0 unspecified atom stereocenters. The maximum Gasteiger partial charge on any atom is 0.341 e. The number of aromatic nitrogens is 3. The average Bonchev–Trinajstić information content (AvgIpc) is 3.31. The van der Waals surface area contributed by atoms with Gasteiger partial charge in [-0.15, -0.1) is 0 Å². The summed E-state index contributed by atoms with van der Waals surface area (Å²) in [6.45, 7) is -0.136. The summed E-state index contributed by atoms with van der Waals surface area (Å²) in [6, 6.07) is 9.39. The molecule has 176 valence electrons. The van der Waals surface area contributed by atoms with E-state index in [-0.39, 0.29) is 36.3 Å². The number of hydrogen-bond donors (Lipinski definition) is 1. The largest absolute Gasteiger partial charge is 0.456 e. The van der Waals surface area contributed by atoms with E-state index in [0.29, 0.717) is 22.2 Å². The van der Waals surface area contributed by atoms with E-state index >= 15 is 0 Å². The van der Waals surface area contributed by atoms with Gasteiger partial charge in [-0.25, -0.2) is 14.6 Å². The Hall–Kier alpha value is -4.06. The molecule has 1 N–H and O–H groups in total. The number of pyridine rings is 1. The van der Waals surface area contributed by atoms with Crippen LogP contribution in [0.25, 0.3) is 0 Å². The molecule has 4 rings (SSSR count). The van der Waals surface area contributed by atoms with Crippen molar-refractivity contribution in [1.82, 2.24) is 14.1 Å². The van der Waals surface area contributed by atoms with Crippen molar-refractivity contribution < 1.29 is 23.8 Å². The highest BCUT2D eigenvalue weighted by atomic mass is 32.2. The normalized spacial score (nSPS) is 11.8. The lowest BCUT2D eigenvalue weighted by atomic mass is 10.3. The van der Waals surface area contributed by atoms with Crippen molar-refractivity contribution in [3.05, 3.63) is 74.7 Å². The lowest BCUT2D eigenvalue weighted by Gasteiger charge is -2.11. The van der Waals surface area contributed by atoms with Gasteiger partial charge in [-0.05, 0) is 24.3 Å². The number of carbonyl (C=O) groups is 2. The monoisotopic (exact) mass is 484 g/mol. The van der Waals surface area contributed by atoms with E-state index in [1.807, 2.05) is 0 Å². The molecule has 0 fully saturated rings. The number of carbonyl (C=O) groups excluding carboxylic acids is 2. The molecule has 1 aliphatic rings. The van der Waals surface area contributed by atoms with Gasteiger partial charge in [0.05, 0.1) is 17.0 Å². The van der Waals surface area contributed by atoms with Crippen LogP contribution in [0, 0.1) is 0 Å². The molecule has 3 aromatic rings. The van der Waals surface area contributed by atoms with E-state index in [9.17, 15) is 19.2 Å². The highest BCUT2D eigenvalue weighted by molar-refractivity contribution is 8.00. The Balaban J connectivity index is 1.38. The second kappa shape index (κ2) is 9.83. The zero-order chi connectivity index (χ0) is 24.2. The summed E-state index contributed by atoms with van der Waals surface area (Å²) in [5.41, 5.74) is -0.0557. The maximum atomic E-state index is 12.7. The first kappa shape index (κ1) is 23.1. The van der Waals surface area contributed by atoms with Gasteiger partial charge in [0.2, 0.25) is 12.7 Å². The molecule has 0 saturated carbocycles. The number of ether oxygens (including phenoxy) is 3. The van der Waals surface area contributed by atoms with Crippen LogP contribution in [0.3, 0.4) is 0 Å². The number of anilines is 1. The molecular formula is C22H20N4O7S. The van der Waals surface area contributed by atoms with Crippen molar-refractivity contribution in [3.63, 3.8) is 0 Å². The van der Waals surface area contributed by atoms with Crippen LogP contribution in [0.5, 0.6) is 11.5 Å². The highest BCUT2D eigenvalue weighted by Crippen LogP contribution is 2.34. The number of nitrogens with one attached hydrogen (secondary N) is 1. The first-order valence-electron chi connectivity index (χ1n) is 10.0. The van der Waals surface area contributed by atoms with Crippen molar-refractivity contribution in [2.75, 3.05) is 17.9 Å². The van der Waals surface area contributed by atoms with Crippen LogP contribution in [0.2, 0.25) is 0 Å². The minimum atomic E-state index is -0.695. The zero-order valence-corrected chi connectivity index (χ0v) is 19.1. The van der Waals surface area contributed by atoms with Gasteiger partial charge in [0.15, 0.2) is 11.5 Å². The summed E-state index contributed by atoms with van der Waals surface area (Å²) in [7, 11) is 2.84. The third-order valence-electron chi connectivity index (χ3n) is 4.96. The fourth-order valence-corrected chi connectivity index (χ4v) is 3.88. The van der Waals surface area contributed by atoms with Crippen LogP contribution in [0.4, 0.5) is 5.69 Å². The molecule has 2 aromatic heterocycles. The number of fused-ring (bicyclic) bond motifs is 1. The van der Waals surface area contributed by atoms with Crippen molar-refractivity contribution in [1.29, 1.82) is 0 Å². The summed E-state index contributed by atoms with van der Waals surface area (Å²) in [5.74, 6) is 0.160. The van der Waals surface area contributed by atoms with E-state index in [0.717, 1.165) is 16.3 Å². The second-order valence-corrected chi connectivity index (χ2v) is 8.18. The predicted octanol–water partition coefficient (Wildman–Crippen LogP) is 1.30. The van der Waals surface area contributed by atoms with Crippen molar-refractivity contribution in [3.8, 4) is 11.5 Å². The topological polar surface area (TPSA) is 131 Å². The molecule has 3 heterocycles. The fraction of sp³-hybridized carbons (Fsp3) is 0.227. The molecule has 1 aromatic carbocycles. The van der Waals surface area contributed by atoms with E-state index in [1.165, 1.54) is 37.0 Å². The molecule has 0 spiro atoms. The third-order valence-corrected chi connectivity index (χ3v) is 5.97. The van der Waals surface area contributed by atoms with Crippen LogP contribution >= 0.6 is 11.8 Å². The molecule has 34 heavy (non-hydrogen) atoms. The van der Waals surface area contributed by atoms with Crippen LogP contribution in [0.1, 0.15) is 16.1 Å². The molecule has 0 bridgehead atoms. The molecule has 1 aliphatic heterocycles. The van der Waals surface area contributed by atoms with Crippen LogP contribution in [0.15, 0.2) is 57.2 Å². The SMILES string of the molecule is Cn1c(COC(=O)c2cccnc2SCC(=O)Nc2ccc3c(c2)OCO3)cc(=O)n(C)c1=O. The van der Waals surface area contributed by atoms with Crippen LogP contribution in [-0.2, 0) is 30.2 Å². The average molecular weight is 484 g/mol. The predicted molar refractivity (Wildman–Crippen MR) is 122 cm³/mol. The van der Waals surface area contributed by atoms with Gasteiger partial charge in [-0.2, -0.15) is 0 Å². The van der Waals surface area contributed by atoms with Crippen molar-refractivity contribution in [2.45, 2.75) is 11.6 Å². The first-order chi connectivity index (χ1) is 16.3. The summed E-state index contributed by atoms with van der Waals surface area (Å²) >= 11 is 1.07. The second-order valence-electron chi connectivity index (χ2n) is 7.21. The Morgan fingerprint density at radius 2 is 1.91 bits per heavy atom. The first-order valence-corrected chi connectivity index (χ1v) is 11.0. The van der Waals surface area contributed by atoms with E-state index in [1.54, 1.807) is 24.3 Å². The van der Waals surface area contributed by atoms with Gasteiger partial charge in [0.1, 0.15) is 11.6 Å². The Bertz CT molecular complexity index is 1380. The van der Waals surface area contributed by atoms with Gasteiger partial charge >= 0.3 is 11.7 Å². The van der Waals surface area contributed by atoms with E-state index in [4.69, 9.17) is 14.2 Å². The Labute approximate surface area is 197 Å². The molecule has 0 saturated heterocycles. The van der Waals surface area contributed by atoms with Gasteiger partial charge in [-0.1, -0.05) is 11.8 Å². The number of benzene rings is 1. The Morgan fingerprint density at radius 3 is 2.74 bits per heavy atom. The summed E-state index contributed by atoms with van der Waals surface area (Å²) in [4.78, 5) is 53.1. The lowest BCUT2D eigenvalue weighted by molar-refractivity contribution is -0.113. The molecule has 0 aliphatic carbocycles. The molecule has 12 heteroatoms. The Morgan fingerprint density at radius 1 is 1.12 bits per heavy atom. The molecule has 11 nitrogen and oxygen atoms in total. The molecule has 0 radical (unpaired) electrons. The summed E-state index contributed by atoms with van der Waals surface area (Å²) in [6.07, 6.45) is 1.50. The highest BCUT2D eigenvalue weighted by Gasteiger charge is 2.18. The van der Waals surface area contributed by atoms with Gasteiger partial charge < -0.3 is 19.5 Å². The van der Waals surface area contributed by atoms with Gasteiger partial charge in [-0.3, -0.25) is 18.7 Å². The minimum Gasteiger partial charge on any atom is -0.456 e. The number of rotatable bonds is 7. The standard InChI is InChI=1S/C22H20N4O7S/c1-25-14(9-19(28)26(2)22(25)30)10-31-21(29)15-4-3-7-23-20(15)34-11-18(27)24-13-5-6-16-17(8-13)33-12-32-16/h3-9H,10-12H2,1-2H3,(H,24,27). The quantitative estimate of drug-likeness (QED) is 0.389. The smallest absolute Gasteiger partial charge is 0.341 e. The minimum absolute atomic E-state index is 0.00500. The molecule has 1 amide bonds. The Kier molecular flexibility index (Phi) is 6.68. The van der Waals surface area contributed by atoms with Gasteiger partial charge in [0, 0.05) is 38.1 Å². The summed E-state index contributed by atoms with van der Waals surface area (Å²) < 4.78 is 18.0.